The molecule has 0 saturated heterocycles. The number of carboxylic acids is 1. The third-order valence-corrected chi connectivity index (χ3v) is 3.88. The van der Waals surface area contributed by atoms with Crippen LogP contribution in [0.5, 0.6) is 5.75 Å². The van der Waals surface area contributed by atoms with Crippen molar-refractivity contribution >= 4 is 11.8 Å². The number of benzene rings is 2. The lowest BCUT2D eigenvalue weighted by molar-refractivity contribution is -0.136. The summed E-state index contributed by atoms with van der Waals surface area (Å²) in [4.78, 5) is 24.3. The number of halogens is 1. The summed E-state index contributed by atoms with van der Waals surface area (Å²) in [5.41, 5.74) is 1.11. The van der Waals surface area contributed by atoms with Gasteiger partial charge in [-0.1, -0.05) is 18.2 Å². The second-order valence-electron chi connectivity index (χ2n) is 6.02. The predicted octanol–water partition coefficient (Wildman–Crippen LogP) is 3.38. The molecule has 2 aromatic rings. The summed E-state index contributed by atoms with van der Waals surface area (Å²) in [7, 11) is 1.89. The van der Waals surface area contributed by atoms with E-state index in [1.54, 1.807) is 36.4 Å². The number of nitrogens with zero attached hydrogens (tertiary/aromatic N) is 1. The molecule has 0 heterocycles. The topological polar surface area (TPSA) is 66.8 Å². The first-order valence-corrected chi connectivity index (χ1v) is 8.35. The first kappa shape index (κ1) is 19.6. The summed E-state index contributed by atoms with van der Waals surface area (Å²) >= 11 is 0. The molecule has 26 heavy (non-hydrogen) atoms. The fourth-order valence-electron chi connectivity index (χ4n) is 2.42. The van der Waals surface area contributed by atoms with Gasteiger partial charge in [-0.2, -0.15) is 0 Å². The minimum Gasteiger partial charge on any atom is -0.492 e. The Balaban J connectivity index is 1.76. The van der Waals surface area contributed by atoms with E-state index in [1.807, 2.05) is 18.0 Å². The number of carbonyl (C=O) groups excluding carboxylic acids is 1. The van der Waals surface area contributed by atoms with Gasteiger partial charge in [0.1, 0.15) is 18.2 Å². The highest BCUT2D eigenvalue weighted by atomic mass is 19.1. The average Bonchev–Trinajstić information content (AvgIpc) is 2.62. The van der Waals surface area contributed by atoms with E-state index in [9.17, 15) is 14.0 Å². The second-order valence-corrected chi connectivity index (χ2v) is 6.02. The second kappa shape index (κ2) is 9.68. The summed E-state index contributed by atoms with van der Waals surface area (Å²) in [6.07, 6.45) is -0.193. The molecule has 0 fully saturated rings. The normalized spacial score (nSPS) is 10.7. The van der Waals surface area contributed by atoms with Gasteiger partial charge in [0.25, 0.3) is 0 Å². The van der Waals surface area contributed by atoms with Crippen LogP contribution in [0.15, 0.2) is 48.5 Å². The number of aliphatic carboxylic acids is 1. The third kappa shape index (κ3) is 6.29. The number of carbonyl (C=O) groups is 2. The molecule has 0 aliphatic carbocycles. The molecule has 5 nitrogen and oxygen atoms in total. The van der Waals surface area contributed by atoms with Gasteiger partial charge < -0.3 is 9.84 Å². The summed E-state index contributed by atoms with van der Waals surface area (Å²) in [6.45, 7) is 1.54. The van der Waals surface area contributed by atoms with Crippen LogP contribution >= 0.6 is 0 Å². The Hall–Kier alpha value is -2.73. The molecular formula is C20H22FNO4. The molecule has 0 bridgehead atoms. The lowest BCUT2D eigenvalue weighted by Gasteiger charge is -2.17. The maximum atomic E-state index is 13.6. The largest absolute Gasteiger partial charge is 0.492 e. The van der Waals surface area contributed by atoms with E-state index < -0.39 is 5.97 Å². The van der Waals surface area contributed by atoms with Crippen LogP contribution < -0.4 is 4.74 Å². The van der Waals surface area contributed by atoms with Gasteiger partial charge in [-0.15, -0.1) is 0 Å². The molecule has 0 unspecified atom stereocenters. The Morgan fingerprint density at radius 3 is 2.42 bits per heavy atom. The van der Waals surface area contributed by atoms with Gasteiger partial charge in [0, 0.05) is 30.6 Å². The maximum Gasteiger partial charge on any atom is 0.303 e. The number of ether oxygens (including phenoxy) is 1. The zero-order chi connectivity index (χ0) is 18.9. The van der Waals surface area contributed by atoms with E-state index in [-0.39, 0.29) is 24.4 Å². The first-order valence-electron chi connectivity index (χ1n) is 8.35. The molecule has 0 radical (unpaired) electrons. The van der Waals surface area contributed by atoms with Crippen LogP contribution in [0.1, 0.15) is 28.8 Å². The highest BCUT2D eigenvalue weighted by molar-refractivity contribution is 5.97. The van der Waals surface area contributed by atoms with Crippen molar-refractivity contribution < 1.29 is 23.8 Å². The van der Waals surface area contributed by atoms with Crippen LogP contribution in [0.4, 0.5) is 4.39 Å². The molecule has 6 heteroatoms. The highest BCUT2D eigenvalue weighted by Crippen LogP contribution is 2.14. The Labute approximate surface area is 152 Å². The summed E-state index contributed by atoms with van der Waals surface area (Å²) in [5, 5.41) is 8.61. The van der Waals surface area contributed by atoms with Crippen LogP contribution in [0.2, 0.25) is 0 Å². The minimum absolute atomic E-state index is 0.0175. The van der Waals surface area contributed by atoms with Crippen molar-refractivity contribution in [3.63, 3.8) is 0 Å². The van der Waals surface area contributed by atoms with Crippen molar-refractivity contribution in [1.82, 2.24) is 4.90 Å². The van der Waals surface area contributed by atoms with Crippen molar-refractivity contribution in [1.29, 1.82) is 0 Å². The standard InChI is InChI=1S/C20H22FNO4/c1-22(14-16-4-2-3-5-18(16)21)12-13-26-17-8-6-15(7-9-17)19(23)10-11-20(24)25/h2-9H,10-14H2,1H3,(H,24,25). The van der Waals surface area contributed by atoms with E-state index in [1.165, 1.54) is 6.07 Å². The molecule has 0 aromatic heterocycles. The number of hydrogen-bond donors (Lipinski definition) is 1. The van der Waals surface area contributed by atoms with Crippen molar-refractivity contribution in [2.75, 3.05) is 20.2 Å². The van der Waals surface area contributed by atoms with Gasteiger partial charge in [0.05, 0.1) is 6.42 Å². The molecule has 138 valence electrons. The molecule has 0 amide bonds. The Kier molecular flexibility index (Phi) is 7.29. The number of hydrogen-bond acceptors (Lipinski definition) is 4. The first-order chi connectivity index (χ1) is 12.5. The predicted molar refractivity (Wildman–Crippen MR) is 95.9 cm³/mol. The average molecular weight is 359 g/mol. The summed E-state index contributed by atoms with van der Waals surface area (Å²) < 4.78 is 19.3. The molecule has 2 rings (SSSR count). The van der Waals surface area contributed by atoms with E-state index in [4.69, 9.17) is 9.84 Å². The van der Waals surface area contributed by atoms with Crippen molar-refractivity contribution in [2.45, 2.75) is 19.4 Å². The van der Waals surface area contributed by atoms with Crippen LogP contribution in [-0.4, -0.2) is 42.0 Å². The SMILES string of the molecule is CN(CCOc1ccc(C(=O)CCC(=O)O)cc1)Cc1ccccc1F. The Morgan fingerprint density at radius 1 is 1.08 bits per heavy atom. The number of likely N-dealkylation sites (N-methyl/N-ethyl adjacent to an activating group) is 1. The zero-order valence-electron chi connectivity index (χ0n) is 14.7. The zero-order valence-corrected chi connectivity index (χ0v) is 14.7. The maximum absolute atomic E-state index is 13.6. The van der Waals surface area contributed by atoms with E-state index >= 15 is 0 Å². The van der Waals surface area contributed by atoms with E-state index in [2.05, 4.69) is 0 Å². The quantitative estimate of drug-likeness (QED) is 0.659. The van der Waals surface area contributed by atoms with Crippen LogP contribution in [0, 0.1) is 5.82 Å². The van der Waals surface area contributed by atoms with Gasteiger partial charge in [-0.05, 0) is 37.4 Å². The van der Waals surface area contributed by atoms with Gasteiger partial charge in [-0.3, -0.25) is 14.5 Å². The smallest absolute Gasteiger partial charge is 0.303 e. The number of carboxylic acid groups (broad SMARTS) is 1. The van der Waals surface area contributed by atoms with Gasteiger partial charge in [-0.25, -0.2) is 4.39 Å². The fraction of sp³-hybridized carbons (Fsp3) is 0.300. The van der Waals surface area contributed by atoms with Crippen LogP contribution in [-0.2, 0) is 11.3 Å². The lowest BCUT2D eigenvalue weighted by atomic mass is 10.1. The molecule has 0 atom stereocenters. The number of rotatable bonds is 10. The number of ketones is 1. The third-order valence-electron chi connectivity index (χ3n) is 3.88. The Morgan fingerprint density at radius 2 is 1.77 bits per heavy atom. The van der Waals surface area contributed by atoms with Crippen molar-refractivity contribution in [3.05, 3.63) is 65.5 Å². The molecule has 0 aliphatic rings. The van der Waals surface area contributed by atoms with Crippen molar-refractivity contribution in [3.8, 4) is 5.75 Å². The Bertz CT molecular complexity index is 746. The van der Waals surface area contributed by atoms with Crippen LogP contribution in [0.3, 0.4) is 0 Å². The minimum atomic E-state index is -0.988. The molecule has 0 saturated carbocycles. The number of Topliss-reactive ketones (excluding diaryl/α,β-unsaturated/α-hetero) is 1. The molecular weight excluding hydrogens is 337 g/mol. The lowest BCUT2D eigenvalue weighted by Crippen LogP contribution is -2.24. The van der Waals surface area contributed by atoms with Gasteiger partial charge in [0.2, 0.25) is 0 Å². The summed E-state index contributed by atoms with van der Waals surface area (Å²) in [6, 6.07) is 13.3. The molecule has 1 N–H and O–H groups in total. The fourth-order valence-corrected chi connectivity index (χ4v) is 2.42. The van der Waals surface area contributed by atoms with E-state index in [0.29, 0.717) is 36.6 Å². The van der Waals surface area contributed by atoms with Crippen molar-refractivity contribution in [2.24, 2.45) is 0 Å². The molecule has 0 aliphatic heterocycles. The van der Waals surface area contributed by atoms with Gasteiger partial charge in [0.15, 0.2) is 5.78 Å². The highest BCUT2D eigenvalue weighted by Gasteiger charge is 2.09. The monoisotopic (exact) mass is 359 g/mol. The molecule has 0 spiro atoms. The van der Waals surface area contributed by atoms with E-state index in [0.717, 1.165) is 0 Å². The van der Waals surface area contributed by atoms with Crippen LogP contribution in [0.25, 0.3) is 0 Å². The summed E-state index contributed by atoms with van der Waals surface area (Å²) in [5.74, 6) is -0.788. The van der Waals surface area contributed by atoms with Gasteiger partial charge >= 0.3 is 5.97 Å². The molecule has 2 aromatic carbocycles.